The normalized spacial score (nSPS) is 20.0. The monoisotopic (exact) mass is 491 g/mol. The number of amides is 3. The van der Waals surface area contributed by atoms with Crippen LogP contribution in [0, 0.1) is 0 Å². The molecule has 0 saturated carbocycles. The molecule has 2 aliphatic rings. The van der Waals surface area contributed by atoms with Gasteiger partial charge in [-0.3, -0.25) is 19.3 Å². The highest BCUT2D eigenvalue weighted by Crippen LogP contribution is 2.28. The standard InChI is InChI=1S/C21H22BrN3O4S/c22-15-3-5-16(6-4-15)25-19(26)14-17(20(25)27)24(21(28)18-2-1-13-30-18)8-7-23-9-11-29-12-10-23/h1-6,13,17H,7-12,14H2. The maximum atomic E-state index is 13.2. The van der Waals surface area contributed by atoms with E-state index in [1.807, 2.05) is 11.4 Å². The molecule has 0 bridgehead atoms. The van der Waals surface area contributed by atoms with Crippen LogP contribution in [0.3, 0.4) is 0 Å². The lowest BCUT2D eigenvalue weighted by Crippen LogP contribution is -2.49. The van der Waals surface area contributed by atoms with Crippen LogP contribution in [-0.2, 0) is 14.3 Å². The molecule has 1 aromatic carbocycles. The molecule has 158 valence electrons. The average Bonchev–Trinajstić information content (AvgIpc) is 3.39. The maximum absolute atomic E-state index is 13.2. The van der Waals surface area contributed by atoms with Crippen LogP contribution in [0.5, 0.6) is 0 Å². The Kier molecular flexibility index (Phi) is 6.62. The number of morpholine rings is 1. The summed E-state index contributed by atoms with van der Waals surface area (Å²) in [5, 5.41) is 1.84. The average molecular weight is 492 g/mol. The van der Waals surface area contributed by atoms with Crippen molar-refractivity contribution in [3.8, 4) is 0 Å². The van der Waals surface area contributed by atoms with Crippen LogP contribution >= 0.6 is 27.3 Å². The van der Waals surface area contributed by atoms with Crippen molar-refractivity contribution in [2.24, 2.45) is 0 Å². The molecule has 0 N–H and O–H groups in total. The number of thiophene rings is 1. The molecule has 2 aromatic rings. The molecule has 30 heavy (non-hydrogen) atoms. The Balaban J connectivity index is 1.56. The van der Waals surface area contributed by atoms with E-state index in [4.69, 9.17) is 4.74 Å². The van der Waals surface area contributed by atoms with E-state index in [2.05, 4.69) is 20.8 Å². The lowest BCUT2D eigenvalue weighted by molar-refractivity contribution is -0.122. The summed E-state index contributed by atoms with van der Waals surface area (Å²) in [4.78, 5) is 44.7. The number of nitrogens with zero attached hydrogens (tertiary/aromatic N) is 3. The molecule has 1 atom stereocenters. The molecule has 2 fully saturated rings. The van der Waals surface area contributed by atoms with Gasteiger partial charge in [0.2, 0.25) is 5.91 Å². The van der Waals surface area contributed by atoms with E-state index in [-0.39, 0.29) is 24.1 Å². The third-order valence-electron chi connectivity index (χ3n) is 5.34. The Hall–Kier alpha value is -2.07. The van der Waals surface area contributed by atoms with Crippen LogP contribution in [0.25, 0.3) is 0 Å². The van der Waals surface area contributed by atoms with E-state index in [9.17, 15) is 14.4 Å². The molecule has 4 rings (SSSR count). The highest BCUT2D eigenvalue weighted by molar-refractivity contribution is 9.10. The van der Waals surface area contributed by atoms with Crippen LogP contribution in [0.15, 0.2) is 46.3 Å². The van der Waals surface area contributed by atoms with Crippen molar-refractivity contribution < 1.29 is 19.1 Å². The lowest BCUT2D eigenvalue weighted by Gasteiger charge is -2.32. The fraction of sp³-hybridized carbons (Fsp3) is 0.381. The molecule has 1 aromatic heterocycles. The van der Waals surface area contributed by atoms with Crippen molar-refractivity contribution in [3.05, 3.63) is 51.1 Å². The Morgan fingerprint density at radius 3 is 2.57 bits per heavy atom. The van der Waals surface area contributed by atoms with Crippen LogP contribution in [0.2, 0.25) is 0 Å². The molecular weight excluding hydrogens is 470 g/mol. The van der Waals surface area contributed by atoms with Gasteiger partial charge in [0, 0.05) is 30.7 Å². The fourth-order valence-corrected chi connectivity index (χ4v) is 4.68. The zero-order chi connectivity index (χ0) is 21.1. The van der Waals surface area contributed by atoms with Crippen molar-refractivity contribution in [2.45, 2.75) is 12.5 Å². The minimum Gasteiger partial charge on any atom is -0.379 e. The first-order valence-electron chi connectivity index (χ1n) is 9.81. The van der Waals surface area contributed by atoms with Crippen molar-refractivity contribution in [3.63, 3.8) is 0 Å². The van der Waals surface area contributed by atoms with E-state index in [0.29, 0.717) is 36.9 Å². The molecule has 2 aliphatic heterocycles. The molecular formula is C21H22BrN3O4S. The second-order valence-electron chi connectivity index (χ2n) is 7.19. The van der Waals surface area contributed by atoms with Gasteiger partial charge in [-0.25, -0.2) is 4.90 Å². The summed E-state index contributed by atoms with van der Waals surface area (Å²) in [6.45, 7) is 3.94. The van der Waals surface area contributed by atoms with E-state index in [0.717, 1.165) is 17.6 Å². The molecule has 0 spiro atoms. The van der Waals surface area contributed by atoms with Gasteiger partial charge < -0.3 is 9.64 Å². The zero-order valence-corrected chi connectivity index (χ0v) is 18.7. The van der Waals surface area contributed by atoms with Gasteiger partial charge in [0.05, 0.1) is 30.2 Å². The van der Waals surface area contributed by atoms with Crippen LogP contribution in [-0.4, -0.2) is 73.0 Å². The van der Waals surface area contributed by atoms with Gasteiger partial charge in [-0.2, -0.15) is 0 Å². The molecule has 7 nitrogen and oxygen atoms in total. The maximum Gasteiger partial charge on any atom is 0.264 e. The highest BCUT2D eigenvalue weighted by atomic mass is 79.9. The number of carbonyl (C=O) groups excluding carboxylic acids is 3. The molecule has 2 saturated heterocycles. The molecule has 0 aliphatic carbocycles. The first kappa shape index (κ1) is 21.2. The van der Waals surface area contributed by atoms with E-state index < -0.39 is 6.04 Å². The predicted octanol–water partition coefficient (Wildman–Crippen LogP) is 2.62. The van der Waals surface area contributed by atoms with Crippen LogP contribution in [0.4, 0.5) is 5.69 Å². The first-order chi connectivity index (χ1) is 14.5. The van der Waals surface area contributed by atoms with Crippen LogP contribution < -0.4 is 4.90 Å². The largest absolute Gasteiger partial charge is 0.379 e. The molecule has 3 amide bonds. The number of rotatable bonds is 6. The molecule has 9 heteroatoms. The summed E-state index contributed by atoms with van der Waals surface area (Å²) in [5.41, 5.74) is 0.521. The summed E-state index contributed by atoms with van der Waals surface area (Å²) >= 11 is 4.71. The predicted molar refractivity (Wildman–Crippen MR) is 118 cm³/mol. The van der Waals surface area contributed by atoms with Crippen molar-refractivity contribution in [1.82, 2.24) is 9.80 Å². The van der Waals surface area contributed by atoms with E-state index >= 15 is 0 Å². The summed E-state index contributed by atoms with van der Waals surface area (Å²) in [6.07, 6.45) is -0.00484. The molecule has 3 heterocycles. The minimum absolute atomic E-state index is 0.00484. The number of hydrogen-bond acceptors (Lipinski definition) is 6. The van der Waals surface area contributed by atoms with Gasteiger partial charge in [-0.1, -0.05) is 22.0 Å². The summed E-state index contributed by atoms with van der Waals surface area (Å²) in [7, 11) is 0. The van der Waals surface area contributed by atoms with Crippen molar-refractivity contribution in [1.29, 1.82) is 0 Å². The van der Waals surface area contributed by atoms with E-state index in [1.165, 1.54) is 16.2 Å². The molecule has 0 radical (unpaired) electrons. The number of anilines is 1. The van der Waals surface area contributed by atoms with Gasteiger partial charge in [0.1, 0.15) is 6.04 Å². The van der Waals surface area contributed by atoms with Crippen LogP contribution in [0.1, 0.15) is 16.1 Å². The second-order valence-corrected chi connectivity index (χ2v) is 9.06. The van der Waals surface area contributed by atoms with Gasteiger partial charge in [0.15, 0.2) is 0 Å². The quantitative estimate of drug-likeness (QED) is 0.580. The fourth-order valence-electron chi connectivity index (χ4n) is 3.74. The third-order valence-corrected chi connectivity index (χ3v) is 6.72. The Labute approximate surface area is 187 Å². The van der Waals surface area contributed by atoms with E-state index in [1.54, 1.807) is 35.2 Å². The number of benzene rings is 1. The van der Waals surface area contributed by atoms with Gasteiger partial charge in [-0.15, -0.1) is 11.3 Å². The van der Waals surface area contributed by atoms with Crippen molar-refractivity contribution >= 4 is 50.7 Å². The Bertz CT molecular complexity index is 913. The number of ether oxygens (including phenoxy) is 1. The Morgan fingerprint density at radius 1 is 1.17 bits per heavy atom. The first-order valence-corrected chi connectivity index (χ1v) is 11.5. The smallest absolute Gasteiger partial charge is 0.264 e. The number of carbonyl (C=O) groups is 3. The number of halogens is 1. The SMILES string of the molecule is O=C1CC(N(CCN2CCOCC2)C(=O)c2cccs2)C(=O)N1c1ccc(Br)cc1. The minimum atomic E-state index is -0.795. The summed E-state index contributed by atoms with van der Waals surface area (Å²) in [6, 6.07) is 9.79. The molecule has 1 unspecified atom stereocenters. The highest BCUT2D eigenvalue weighted by Gasteiger charge is 2.44. The second kappa shape index (κ2) is 9.38. The number of hydrogen-bond donors (Lipinski definition) is 0. The zero-order valence-electron chi connectivity index (χ0n) is 16.3. The van der Waals surface area contributed by atoms with Gasteiger partial charge in [-0.05, 0) is 35.7 Å². The number of imide groups is 1. The van der Waals surface area contributed by atoms with Gasteiger partial charge in [0.25, 0.3) is 11.8 Å². The Morgan fingerprint density at radius 2 is 1.90 bits per heavy atom. The lowest BCUT2D eigenvalue weighted by atomic mass is 10.2. The van der Waals surface area contributed by atoms with Crippen molar-refractivity contribution in [2.75, 3.05) is 44.3 Å². The summed E-state index contributed by atoms with van der Waals surface area (Å²) in [5.74, 6) is -0.848. The topological polar surface area (TPSA) is 70.2 Å². The summed E-state index contributed by atoms with van der Waals surface area (Å²) < 4.78 is 6.25. The third kappa shape index (κ3) is 4.49. The van der Waals surface area contributed by atoms with Gasteiger partial charge >= 0.3 is 0 Å².